The normalized spacial score (nSPS) is 18.7. The number of hydrogen-bond donors (Lipinski definition) is 1. The minimum Gasteiger partial charge on any atom is -0.349 e. The lowest BCUT2D eigenvalue weighted by atomic mass is 9.96. The van der Waals surface area contributed by atoms with Crippen LogP contribution in [0.2, 0.25) is 0 Å². The summed E-state index contributed by atoms with van der Waals surface area (Å²) in [5.41, 5.74) is 1.30. The van der Waals surface area contributed by atoms with Crippen LogP contribution in [0.25, 0.3) is 0 Å². The van der Waals surface area contributed by atoms with E-state index in [1.54, 1.807) is 6.33 Å². The molecule has 0 spiro atoms. The van der Waals surface area contributed by atoms with E-state index in [0.29, 0.717) is 6.54 Å². The van der Waals surface area contributed by atoms with E-state index in [1.807, 2.05) is 17.7 Å². The molecular weight excluding hydrogens is 290 g/mol. The van der Waals surface area contributed by atoms with E-state index in [0.717, 1.165) is 38.3 Å². The Bertz CT molecular complexity index is 639. The summed E-state index contributed by atoms with van der Waals surface area (Å²) in [6.07, 6.45) is 3.66. The summed E-state index contributed by atoms with van der Waals surface area (Å²) in [6, 6.07) is 10.4. The van der Waals surface area contributed by atoms with Crippen molar-refractivity contribution in [1.82, 2.24) is 25.0 Å². The number of benzene rings is 1. The fraction of sp³-hybridized carbons (Fsp3) is 0.471. The number of nitrogens with zero attached hydrogens (tertiary/aromatic N) is 4. The average Bonchev–Trinajstić information content (AvgIpc) is 2.99. The molecule has 1 saturated heterocycles. The maximum atomic E-state index is 12.4. The van der Waals surface area contributed by atoms with E-state index in [4.69, 9.17) is 0 Å². The third kappa shape index (κ3) is 4.16. The first-order valence-corrected chi connectivity index (χ1v) is 8.09. The van der Waals surface area contributed by atoms with Crippen molar-refractivity contribution in [3.05, 3.63) is 48.0 Å². The van der Waals surface area contributed by atoms with Gasteiger partial charge in [0.15, 0.2) is 5.82 Å². The number of likely N-dealkylation sites (tertiary alicyclic amines) is 1. The van der Waals surface area contributed by atoms with Crippen molar-refractivity contribution in [3.8, 4) is 0 Å². The van der Waals surface area contributed by atoms with Gasteiger partial charge in [-0.15, -0.1) is 10.2 Å². The molecule has 122 valence electrons. The highest BCUT2D eigenvalue weighted by molar-refractivity contribution is 5.78. The Kier molecular flexibility index (Phi) is 5.02. The first kappa shape index (κ1) is 15.7. The Labute approximate surface area is 136 Å². The topological polar surface area (TPSA) is 63.1 Å². The highest BCUT2D eigenvalue weighted by Gasteiger charge is 2.25. The quantitative estimate of drug-likeness (QED) is 0.905. The fourth-order valence-corrected chi connectivity index (χ4v) is 3.03. The van der Waals surface area contributed by atoms with Crippen molar-refractivity contribution in [3.63, 3.8) is 0 Å². The molecule has 2 aromatic rings. The average molecular weight is 313 g/mol. The maximum Gasteiger partial charge on any atom is 0.224 e. The minimum absolute atomic E-state index is 0.0562. The summed E-state index contributed by atoms with van der Waals surface area (Å²) in [7, 11) is 1.88. The Morgan fingerprint density at radius 2 is 2.17 bits per heavy atom. The van der Waals surface area contributed by atoms with Crippen LogP contribution in [0.1, 0.15) is 24.2 Å². The van der Waals surface area contributed by atoms with Gasteiger partial charge in [0.1, 0.15) is 6.33 Å². The van der Waals surface area contributed by atoms with Gasteiger partial charge in [0.25, 0.3) is 0 Å². The first-order chi connectivity index (χ1) is 11.2. The molecule has 0 bridgehead atoms. The number of hydrogen-bond acceptors (Lipinski definition) is 4. The van der Waals surface area contributed by atoms with Crippen LogP contribution in [0.5, 0.6) is 0 Å². The number of aryl methyl sites for hydroxylation is 1. The highest BCUT2D eigenvalue weighted by Crippen LogP contribution is 2.18. The van der Waals surface area contributed by atoms with E-state index >= 15 is 0 Å². The molecule has 0 saturated carbocycles. The second-order valence-corrected chi connectivity index (χ2v) is 6.14. The van der Waals surface area contributed by atoms with E-state index < -0.39 is 0 Å². The van der Waals surface area contributed by atoms with Gasteiger partial charge >= 0.3 is 0 Å². The Morgan fingerprint density at radius 3 is 2.91 bits per heavy atom. The monoisotopic (exact) mass is 313 g/mol. The molecule has 1 aromatic heterocycles. The van der Waals surface area contributed by atoms with Gasteiger partial charge in [-0.2, -0.15) is 0 Å². The molecule has 0 unspecified atom stereocenters. The van der Waals surface area contributed by atoms with Gasteiger partial charge in [0, 0.05) is 20.1 Å². The molecular formula is C17H23N5O. The largest absolute Gasteiger partial charge is 0.349 e. The van der Waals surface area contributed by atoms with Gasteiger partial charge in [0.2, 0.25) is 5.91 Å². The van der Waals surface area contributed by atoms with Crippen LogP contribution in [0.4, 0.5) is 0 Å². The van der Waals surface area contributed by atoms with Crippen molar-refractivity contribution in [1.29, 1.82) is 0 Å². The Hall–Kier alpha value is -2.21. The molecule has 3 rings (SSSR count). The van der Waals surface area contributed by atoms with E-state index in [2.05, 4.69) is 44.7 Å². The first-order valence-electron chi connectivity index (χ1n) is 8.09. The van der Waals surface area contributed by atoms with Crippen molar-refractivity contribution in [2.24, 2.45) is 13.0 Å². The molecule has 1 aromatic carbocycles. The number of amides is 1. The lowest BCUT2D eigenvalue weighted by Crippen LogP contribution is -2.42. The van der Waals surface area contributed by atoms with Crippen molar-refractivity contribution in [2.45, 2.75) is 25.9 Å². The maximum absolute atomic E-state index is 12.4. The Morgan fingerprint density at radius 1 is 1.35 bits per heavy atom. The lowest BCUT2D eigenvalue weighted by Gasteiger charge is -2.32. The summed E-state index contributed by atoms with van der Waals surface area (Å²) in [6.45, 7) is 3.22. The molecule has 0 aliphatic carbocycles. The summed E-state index contributed by atoms with van der Waals surface area (Å²) in [5.74, 6) is 0.946. The summed E-state index contributed by atoms with van der Waals surface area (Å²) < 4.78 is 1.82. The molecule has 6 nitrogen and oxygen atoms in total. The van der Waals surface area contributed by atoms with Crippen LogP contribution in [-0.4, -0.2) is 38.7 Å². The van der Waals surface area contributed by atoms with Crippen molar-refractivity contribution < 1.29 is 4.79 Å². The van der Waals surface area contributed by atoms with Crippen molar-refractivity contribution in [2.75, 3.05) is 13.1 Å². The fourth-order valence-electron chi connectivity index (χ4n) is 3.03. The second kappa shape index (κ2) is 7.37. The summed E-state index contributed by atoms with van der Waals surface area (Å²) >= 11 is 0. The standard InChI is InChI=1S/C17H23N5O/c1-21-13-19-20-16(21)10-18-17(23)15-8-5-9-22(12-15)11-14-6-3-2-4-7-14/h2-4,6-7,13,15H,5,8-12H2,1H3,(H,18,23)/t15-/m0/s1. The molecule has 6 heteroatoms. The molecule has 2 heterocycles. The number of piperidine rings is 1. The highest BCUT2D eigenvalue weighted by atomic mass is 16.1. The van der Waals surface area contributed by atoms with Crippen molar-refractivity contribution >= 4 is 5.91 Å². The zero-order chi connectivity index (χ0) is 16.1. The van der Waals surface area contributed by atoms with Gasteiger partial charge in [-0.05, 0) is 24.9 Å². The lowest BCUT2D eigenvalue weighted by molar-refractivity contribution is -0.127. The van der Waals surface area contributed by atoms with Gasteiger partial charge in [0.05, 0.1) is 12.5 Å². The smallest absolute Gasteiger partial charge is 0.224 e. The van der Waals surface area contributed by atoms with Crippen LogP contribution in [-0.2, 0) is 24.9 Å². The minimum atomic E-state index is 0.0562. The van der Waals surface area contributed by atoms with E-state index in [-0.39, 0.29) is 11.8 Å². The number of nitrogens with one attached hydrogen (secondary N) is 1. The number of carbonyl (C=O) groups is 1. The molecule has 1 fully saturated rings. The number of carbonyl (C=O) groups excluding carboxylic acids is 1. The van der Waals surface area contributed by atoms with Gasteiger partial charge < -0.3 is 9.88 Å². The van der Waals surface area contributed by atoms with Crippen LogP contribution >= 0.6 is 0 Å². The summed E-state index contributed by atoms with van der Waals surface area (Å²) in [5, 5.41) is 10.8. The third-order valence-corrected chi connectivity index (χ3v) is 4.35. The Balaban J connectivity index is 1.51. The molecule has 0 radical (unpaired) electrons. The van der Waals surface area contributed by atoms with Crippen LogP contribution < -0.4 is 5.32 Å². The molecule has 1 atom stereocenters. The van der Waals surface area contributed by atoms with E-state index in [9.17, 15) is 4.79 Å². The van der Waals surface area contributed by atoms with Crippen LogP contribution in [0.15, 0.2) is 36.7 Å². The van der Waals surface area contributed by atoms with Crippen LogP contribution in [0.3, 0.4) is 0 Å². The third-order valence-electron chi connectivity index (χ3n) is 4.35. The second-order valence-electron chi connectivity index (χ2n) is 6.14. The van der Waals surface area contributed by atoms with Crippen LogP contribution in [0, 0.1) is 5.92 Å². The van der Waals surface area contributed by atoms with Gasteiger partial charge in [-0.3, -0.25) is 9.69 Å². The number of aromatic nitrogens is 3. The predicted octanol–water partition coefficient (Wildman–Crippen LogP) is 1.34. The summed E-state index contributed by atoms with van der Waals surface area (Å²) in [4.78, 5) is 14.8. The van der Waals surface area contributed by atoms with E-state index in [1.165, 1.54) is 5.56 Å². The molecule has 23 heavy (non-hydrogen) atoms. The van der Waals surface area contributed by atoms with Gasteiger partial charge in [-0.1, -0.05) is 30.3 Å². The number of rotatable bonds is 5. The van der Waals surface area contributed by atoms with Gasteiger partial charge in [-0.25, -0.2) is 0 Å². The zero-order valence-electron chi connectivity index (χ0n) is 13.5. The SMILES string of the molecule is Cn1cnnc1CNC(=O)[C@H]1CCCN(Cc2ccccc2)C1. The molecule has 1 amide bonds. The molecule has 1 aliphatic heterocycles. The zero-order valence-corrected chi connectivity index (χ0v) is 13.5. The molecule has 1 aliphatic rings. The molecule has 1 N–H and O–H groups in total. The predicted molar refractivity (Wildman–Crippen MR) is 87.3 cm³/mol.